The van der Waals surface area contributed by atoms with Crippen molar-refractivity contribution in [1.29, 1.82) is 0 Å². The molecule has 0 spiro atoms. The monoisotopic (exact) mass is 320 g/mol. The highest BCUT2D eigenvalue weighted by atomic mass is 35.5. The summed E-state index contributed by atoms with van der Waals surface area (Å²) >= 11 is 12.2. The zero-order chi connectivity index (χ0) is 14.0. The Morgan fingerprint density at radius 2 is 2.00 bits per heavy atom. The number of aryl methyl sites for hydroxylation is 1. The summed E-state index contributed by atoms with van der Waals surface area (Å²) in [7, 11) is -3.13. The number of hydrogen-bond acceptors (Lipinski definition) is 2. The fraction of sp³-hybridized carbons (Fsp3) is 0.333. The Hall–Kier alpha value is -0.750. The van der Waals surface area contributed by atoms with Crippen molar-refractivity contribution in [3.8, 4) is 0 Å². The van der Waals surface area contributed by atoms with E-state index in [2.05, 4.69) is 4.72 Å². The molecule has 0 fully saturated rings. The topological polar surface area (TPSA) is 51.1 Å². The van der Waals surface area contributed by atoms with Crippen LogP contribution in [0.4, 0.5) is 0 Å². The fourth-order valence-corrected chi connectivity index (χ4v) is 2.87. The summed E-state index contributed by atoms with van der Waals surface area (Å²) in [5.74, 6) is 0. The summed E-state index contributed by atoms with van der Waals surface area (Å²) in [4.78, 5) is 0. The first-order valence-electron chi connectivity index (χ1n) is 5.76. The van der Waals surface area contributed by atoms with Gasteiger partial charge in [0.1, 0.15) is 0 Å². The average Bonchev–Trinajstić information content (AvgIpc) is 2.72. The third-order valence-corrected chi connectivity index (χ3v) is 4.28. The maximum atomic E-state index is 10.9. The smallest absolute Gasteiger partial charge is 0.208 e. The van der Waals surface area contributed by atoms with Crippen LogP contribution in [-0.4, -0.2) is 25.8 Å². The summed E-state index contributed by atoms with van der Waals surface area (Å²) < 4.78 is 26.3. The second-order valence-electron chi connectivity index (χ2n) is 4.33. The van der Waals surface area contributed by atoms with Crippen LogP contribution in [0.3, 0.4) is 0 Å². The Balaban J connectivity index is 2.11. The lowest BCUT2D eigenvalue weighted by atomic mass is 10.2. The van der Waals surface area contributed by atoms with Crippen LogP contribution in [0.15, 0.2) is 24.4 Å². The maximum absolute atomic E-state index is 10.9. The molecule has 1 aromatic carbocycles. The van der Waals surface area contributed by atoms with Crippen LogP contribution in [0.5, 0.6) is 0 Å². The van der Waals surface area contributed by atoms with Gasteiger partial charge >= 0.3 is 0 Å². The molecule has 0 unspecified atom stereocenters. The molecular weight excluding hydrogens is 307 g/mol. The van der Waals surface area contributed by atoms with Crippen LogP contribution in [0.2, 0.25) is 10.0 Å². The van der Waals surface area contributed by atoms with Crippen molar-refractivity contribution in [3.05, 3.63) is 34.4 Å². The van der Waals surface area contributed by atoms with Gasteiger partial charge in [-0.25, -0.2) is 13.1 Å². The van der Waals surface area contributed by atoms with E-state index in [4.69, 9.17) is 23.2 Å². The van der Waals surface area contributed by atoms with Gasteiger partial charge in [0.25, 0.3) is 0 Å². The Kier molecular flexibility index (Phi) is 4.40. The van der Waals surface area contributed by atoms with E-state index in [-0.39, 0.29) is 0 Å². The number of fused-ring (bicyclic) bond motifs is 1. The predicted molar refractivity (Wildman–Crippen MR) is 79.4 cm³/mol. The molecule has 0 aliphatic carbocycles. The van der Waals surface area contributed by atoms with Gasteiger partial charge in [0.05, 0.1) is 21.8 Å². The number of sulfonamides is 1. The Morgan fingerprint density at radius 3 is 2.68 bits per heavy atom. The van der Waals surface area contributed by atoms with Gasteiger partial charge in [0.15, 0.2) is 0 Å². The van der Waals surface area contributed by atoms with Crippen molar-refractivity contribution < 1.29 is 8.42 Å². The van der Waals surface area contributed by atoms with E-state index in [9.17, 15) is 8.42 Å². The van der Waals surface area contributed by atoms with Crippen LogP contribution in [0.25, 0.3) is 10.9 Å². The molecule has 0 amide bonds. The number of aromatic nitrogens is 1. The molecule has 2 rings (SSSR count). The van der Waals surface area contributed by atoms with Gasteiger partial charge in [-0.3, -0.25) is 0 Å². The molecule has 104 valence electrons. The van der Waals surface area contributed by atoms with E-state index in [1.165, 1.54) is 0 Å². The highest BCUT2D eigenvalue weighted by Gasteiger charge is 2.08. The largest absolute Gasteiger partial charge is 0.346 e. The normalized spacial score (nSPS) is 12.2. The lowest BCUT2D eigenvalue weighted by Gasteiger charge is -2.08. The highest BCUT2D eigenvalue weighted by Crippen LogP contribution is 2.31. The molecule has 1 heterocycles. The quantitative estimate of drug-likeness (QED) is 0.861. The van der Waals surface area contributed by atoms with Crippen molar-refractivity contribution in [3.63, 3.8) is 0 Å². The molecular formula is C12H14Cl2N2O2S. The van der Waals surface area contributed by atoms with Crippen LogP contribution >= 0.6 is 23.2 Å². The van der Waals surface area contributed by atoms with Gasteiger partial charge in [-0.2, -0.15) is 0 Å². The summed E-state index contributed by atoms with van der Waals surface area (Å²) in [5, 5.41) is 2.06. The van der Waals surface area contributed by atoms with Gasteiger partial charge in [-0.1, -0.05) is 29.3 Å². The van der Waals surface area contributed by atoms with Gasteiger partial charge in [-0.15, -0.1) is 0 Å². The number of nitrogens with zero attached hydrogens (tertiary/aromatic N) is 1. The second-order valence-corrected chi connectivity index (χ2v) is 6.95. The average molecular weight is 321 g/mol. The predicted octanol–water partition coefficient (Wildman–Crippen LogP) is 2.89. The second kappa shape index (κ2) is 5.71. The third kappa shape index (κ3) is 3.63. The van der Waals surface area contributed by atoms with E-state index in [1.54, 1.807) is 6.07 Å². The van der Waals surface area contributed by atoms with Crippen molar-refractivity contribution in [1.82, 2.24) is 9.29 Å². The summed E-state index contributed by atoms with van der Waals surface area (Å²) in [6, 6.07) is 5.64. The molecule has 0 radical (unpaired) electrons. The molecule has 7 heteroatoms. The van der Waals surface area contributed by atoms with Gasteiger partial charge < -0.3 is 4.57 Å². The summed E-state index contributed by atoms with van der Waals surface area (Å²) in [6.45, 7) is 1.07. The molecule has 0 aliphatic rings. The molecule has 2 aromatic rings. The van der Waals surface area contributed by atoms with Crippen molar-refractivity contribution in [2.45, 2.75) is 13.0 Å². The first-order chi connectivity index (χ1) is 8.88. The van der Waals surface area contributed by atoms with Crippen molar-refractivity contribution in [2.75, 3.05) is 12.8 Å². The minimum absolute atomic E-state index is 0.399. The molecule has 1 aromatic heterocycles. The minimum Gasteiger partial charge on any atom is -0.346 e. The first kappa shape index (κ1) is 14.7. The van der Waals surface area contributed by atoms with Crippen molar-refractivity contribution in [2.24, 2.45) is 0 Å². The van der Waals surface area contributed by atoms with Gasteiger partial charge in [0, 0.05) is 24.7 Å². The molecule has 0 saturated carbocycles. The van der Waals surface area contributed by atoms with E-state index in [0.29, 0.717) is 29.6 Å². The van der Waals surface area contributed by atoms with Crippen LogP contribution in [0.1, 0.15) is 6.42 Å². The third-order valence-electron chi connectivity index (χ3n) is 2.76. The fourth-order valence-electron chi connectivity index (χ4n) is 1.92. The molecule has 4 nitrogen and oxygen atoms in total. The standard InChI is InChI=1S/C12H14Cl2N2O2S/c1-19(17,18)15-6-2-7-16-8-5-9-3-4-10(13)11(14)12(9)16/h3-5,8,15H,2,6-7H2,1H3. The lowest BCUT2D eigenvalue weighted by molar-refractivity contribution is 0.578. The highest BCUT2D eigenvalue weighted by molar-refractivity contribution is 7.88. The molecule has 1 N–H and O–H groups in total. The van der Waals surface area contributed by atoms with Crippen LogP contribution in [0, 0.1) is 0 Å². The van der Waals surface area contributed by atoms with E-state index >= 15 is 0 Å². The summed E-state index contributed by atoms with van der Waals surface area (Å²) in [5.41, 5.74) is 0.883. The van der Waals surface area contributed by atoms with Crippen molar-refractivity contribution >= 4 is 44.1 Å². The van der Waals surface area contributed by atoms with Gasteiger partial charge in [-0.05, 0) is 18.6 Å². The minimum atomic E-state index is -3.13. The zero-order valence-corrected chi connectivity index (χ0v) is 12.7. The number of nitrogens with one attached hydrogen (secondary N) is 1. The number of hydrogen-bond donors (Lipinski definition) is 1. The Bertz CT molecular complexity index is 695. The van der Waals surface area contributed by atoms with E-state index in [1.807, 2.05) is 22.9 Å². The zero-order valence-electron chi connectivity index (χ0n) is 10.4. The number of benzene rings is 1. The summed E-state index contributed by atoms with van der Waals surface area (Å²) in [6.07, 6.45) is 3.75. The molecule has 0 atom stereocenters. The van der Waals surface area contributed by atoms with Gasteiger partial charge in [0.2, 0.25) is 10.0 Å². The Morgan fingerprint density at radius 1 is 1.26 bits per heavy atom. The number of rotatable bonds is 5. The molecule has 0 aliphatic heterocycles. The Labute approximate surface area is 122 Å². The van der Waals surface area contributed by atoms with Crippen LogP contribution in [-0.2, 0) is 16.6 Å². The molecule has 0 bridgehead atoms. The SMILES string of the molecule is CS(=O)(=O)NCCCn1ccc2ccc(Cl)c(Cl)c21. The number of halogens is 2. The van der Waals surface area contributed by atoms with E-state index in [0.717, 1.165) is 17.2 Å². The first-order valence-corrected chi connectivity index (χ1v) is 8.41. The van der Waals surface area contributed by atoms with E-state index < -0.39 is 10.0 Å². The maximum Gasteiger partial charge on any atom is 0.208 e. The molecule has 0 saturated heterocycles. The lowest BCUT2D eigenvalue weighted by Crippen LogP contribution is -2.23. The molecule has 19 heavy (non-hydrogen) atoms. The van der Waals surface area contributed by atoms with Crippen LogP contribution < -0.4 is 4.72 Å².